The van der Waals surface area contributed by atoms with Crippen LogP contribution in [-0.2, 0) is 33.0 Å². The monoisotopic (exact) mass is 349 g/mol. The fourth-order valence-electron chi connectivity index (χ4n) is 2.99. The van der Waals surface area contributed by atoms with E-state index >= 15 is 0 Å². The zero-order valence-electron chi connectivity index (χ0n) is 13.7. The van der Waals surface area contributed by atoms with Gasteiger partial charge in [-0.15, -0.1) is 0 Å². The largest absolute Gasteiger partial charge is 0.363 e. The number of carbonyl (C=O) groups excluding carboxylic acids is 1. The van der Waals surface area contributed by atoms with E-state index in [1.54, 1.807) is 33.0 Å². The number of hydrogen-bond donors (Lipinski definition) is 1. The quantitative estimate of drug-likeness (QED) is 0.898. The standard InChI is InChI=1S/C16H19N3O4S/c1-10-15(11(2)19(3)17-10)24(21,22)18-16(20)14-13-7-5-4-6-12(13)8-9-23-14/h4-7,14H,8-9H2,1-3H3,(H,18,20). The highest BCUT2D eigenvalue weighted by Gasteiger charge is 2.32. The molecule has 1 aromatic heterocycles. The van der Waals surface area contributed by atoms with Crippen molar-refractivity contribution in [3.63, 3.8) is 0 Å². The summed E-state index contributed by atoms with van der Waals surface area (Å²) in [5.41, 5.74) is 2.52. The van der Waals surface area contributed by atoms with Gasteiger partial charge >= 0.3 is 0 Å². The van der Waals surface area contributed by atoms with Crippen molar-refractivity contribution >= 4 is 15.9 Å². The fourth-order valence-corrected chi connectivity index (χ4v) is 4.42. The summed E-state index contributed by atoms with van der Waals surface area (Å²) in [5.74, 6) is -0.690. The normalized spacial score (nSPS) is 17.4. The Labute approximate surface area is 140 Å². The van der Waals surface area contributed by atoms with E-state index in [4.69, 9.17) is 4.74 Å². The molecule has 1 aromatic carbocycles. The number of amides is 1. The van der Waals surface area contributed by atoms with Crippen molar-refractivity contribution in [3.8, 4) is 0 Å². The molecular formula is C16H19N3O4S. The molecule has 0 aliphatic carbocycles. The van der Waals surface area contributed by atoms with E-state index in [0.717, 1.165) is 5.56 Å². The Morgan fingerprint density at radius 2 is 2.04 bits per heavy atom. The predicted octanol–water partition coefficient (Wildman–Crippen LogP) is 1.16. The maximum Gasteiger partial charge on any atom is 0.267 e. The SMILES string of the molecule is Cc1nn(C)c(C)c1S(=O)(=O)NC(=O)C1OCCc2ccccc21. The third kappa shape index (κ3) is 2.83. The minimum atomic E-state index is -4.01. The molecule has 0 bridgehead atoms. The zero-order chi connectivity index (χ0) is 17.5. The molecule has 1 aliphatic rings. The minimum Gasteiger partial charge on any atom is -0.363 e. The smallest absolute Gasteiger partial charge is 0.267 e. The van der Waals surface area contributed by atoms with Crippen molar-refractivity contribution in [3.05, 3.63) is 46.8 Å². The first-order chi connectivity index (χ1) is 11.3. The lowest BCUT2D eigenvalue weighted by Gasteiger charge is -2.25. The molecule has 0 spiro atoms. The Bertz CT molecular complexity index is 902. The number of aryl methyl sites for hydroxylation is 2. The summed E-state index contributed by atoms with van der Waals surface area (Å²) in [7, 11) is -2.36. The van der Waals surface area contributed by atoms with E-state index in [1.165, 1.54) is 4.68 Å². The van der Waals surface area contributed by atoms with Crippen LogP contribution in [0.1, 0.15) is 28.6 Å². The Balaban J connectivity index is 1.90. The molecule has 3 rings (SSSR count). The Morgan fingerprint density at radius 3 is 2.71 bits per heavy atom. The van der Waals surface area contributed by atoms with Gasteiger partial charge in [-0.25, -0.2) is 13.1 Å². The number of ether oxygens (including phenoxy) is 1. The topological polar surface area (TPSA) is 90.3 Å². The summed E-state index contributed by atoms with van der Waals surface area (Å²) in [5, 5.41) is 4.09. The molecule has 1 unspecified atom stereocenters. The molecule has 2 heterocycles. The molecule has 1 N–H and O–H groups in total. The van der Waals surface area contributed by atoms with Gasteiger partial charge in [-0.3, -0.25) is 9.48 Å². The number of carbonyl (C=O) groups is 1. The zero-order valence-corrected chi connectivity index (χ0v) is 14.6. The first-order valence-electron chi connectivity index (χ1n) is 7.57. The molecular weight excluding hydrogens is 330 g/mol. The van der Waals surface area contributed by atoms with Crippen LogP contribution in [0.25, 0.3) is 0 Å². The van der Waals surface area contributed by atoms with Crippen LogP contribution in [0.15, 0.2) is 29.2 Å². The van der Waals surface area contributed by atoms with Gasteiger partial charge in [-0.1, -0.05) is 24.3 Å². The van der Waals surface area contributed by atoms with Crippen LogP contribution < -0.4 is 4.72 Å². The Morgan fingerprint density at radius 1 is 1.33 bits per heavy atom. The molecule has 0 fully saturated rings. The number of benzene rings is 1. The molecule has 0 saturated carbocycles. The number of nitrogens with one attached hydrogen (secondary N) is 1. The maximum atomic E-state index is 12.6. The summed E-state index contributed by atoms with van der Waals surface area (Å²) in [4.78, 5) is 12.6. The van der Waals surface area contributed by atoms with Gasteiger partial charge in [-0.05, 0) is 31.4 Å². The lowest BCUT2D eigenvalue weighted by Crippen LogP contribution is -2.38. The van der Waals surface area contributed by atoms with E-state index in [-0.39, 0.29) is 4.90 Å². The number of nitrogens with zero attached hydrogens (tertiary/aromatic N) is 2. The molecule has 1 aliphatic heterocycles. The summed E-state index contributed by atoms with van der Waals surface area (Å²) in [6, 6.07) is 7.39. The third-order valence-electron chi connectivity index (χ3n) is 4.18. The van der Waals surface area contributed by atoms with Crippen LogP contribution in [0.2, 0.25) is 0 Å². The van der Waals surface area contributed by atoms with E-state index < -0.39 is 22.0 Å². The number of fused-ring (bicyclic) bond motifs is 1. The predicted molar refractivity (Wildman–Crippen MR) is 86.8 cm³/mol. The van der Waals surface area contributed by atoms with Crippen LogP contribution in [0.5, 0.6) is 0 Å². The molecule has 1 amide bonds. The second-order valence-electron chi connectivity index (χ2n) is 5.79. The molecule has 8 heteroatoms. The minimum absolute atomic E-state index is 0.0300. The number of aromatic nitrogens is 2. The second-order valence-corrected chi connectivity index (χ2v) is 7.41. The summed E-state index contributed by atoms with van der Waals surface area (Å²) >= 11 is 0. The third-order valence-corrected chi connectivity index (χ3v) is 5.78. The fraction of sp³-hybridized carbons (Fsp3) is 0.375. The lowest BCUT2D eigenvalue weighted by atomic mass is 9.97. The van der Waals surface area contributed by atoms with E-state index in [9.17, 15) is 13.2 Å². The van der Waals surface area contributed by atoms with Gasteiger partial charge in [0.25, 0.3) is 15.9 Å². The first kappa shape index (κ1) is 16.7. The Hall–Kier alpha value is -2.19. The van der Waals surface area contributed by atoms with E-state index in [1.807, 2.05) is 12.1 Å². The van der Waals surface area contributed by atoms with Crippen LogP contribution >= 0.6 is 0 Å². The van der Waals surface area contributed by atoms with Gasteiger partial charge in [0, 0.05) is 7.05 Å². The molecule has 7 nitrogen and oxygen atoms in total. The molecule has 1 atom stereocenters. The molecule has 0 saturated heterocycles. The van der Waals surface area contributed by atoms with Gasteiger partial charge < -0.3 is 4.74 Å². The lowest BCUT2D eigenvalue weighted by molar-refractivity contribution is -0.132. The summed E-state index contributed by atoms with van der Waals surface area (Å²) < 4.78 is 34.3. The highest BCUT2D eigenvalue weighted by Crippen LogP contribution is 2.28. The van der Waals surface area contributed by atoms with Crippen LogP contribution in [0, 0.1) is 13.8 Å². The second kappa shape index (κ2) is 6.03. The average molecular weight is 349 g/mol. The van der Waals surface area contributed by atoms with Crippen molar-refractivity contribution in [1.29, 1.82) is 0 Å². The maximum absolute atomic E-state index is 12.6. The van der Waals surface area contributed by atoms with Gasteiger partial charge in [0.05, 0.1) is 18.0 Å². The number of sulfonamides is 1. The summed E-state index contributed by atoms with van der Waals surface area (Å²) in [6.07, 6.45) is -0.227. The van der Waals surface area contributed by atoms with Gasteiger partial charge in [0.15, 0.2) is 6.10 Å². The first-order valence-corrected chi connectivity index (χ1v) is 9.06. The van der Waals surface area contributed by atoms with E-state index in [0.29, 0.717) is 30.0 Å². The van der Waals surface area contributed by atoms with Crippen molar-refractivity contribution in [2.75, 3.05) is 6.61 Å². The van der Waals surface area contributed by atoms with Crippen LogP contribution in [-0.4, -0.2) is 30.7 Å². The van der Waals surface area contributed by atoms with Crippen molar-refractivity contribution in [2.24, 2.45) is 7.05 Å². The van der Waals surface area contributed by atoms with Gasteiger partial charge in [-0.2, -0.15) is 5.10 Å². The average Bonchev–Trinajstić information content (AvgIpc) is 2.79. The molecule has 0 radical (unpaired) electrons. The Kier molecular flexibility index (Phi) is 4.18. The van der Waals surface area contributed by atoms with Gasteiger partial charge in [0.2, 0.25) is 0 Å². The number of rotatable bonds is 3. The van der Waals surface area contributed by atoms with E-state index in [2.05, 4.69) is 9.82 Å². The van der Waals surface area contributed by atoms with Gasteiger partial charge in [0.1, 0.15) is 4.90 Å². The van der Waals surface area contributed by atoms with Crippen molar-refractivity contribution < 1.29 is 17.9 Å². The molecule has 2 aromatic rings. The van der Waals surface area contributed by atoms with Crippen LogP contribution in [0.3, 0.4) is 0 Å². The summed E-state index contributed by atoms with van der Waals surface area (Å²) in [6.45, 7) is 3.62. The van der Waals surface area contributed by atoms with Crippen molar-refractivity contribution in [1.82, 2.24) is 14.5 Å². The molecule has 24 heavy (non-hydrogen) atoms. The van der Waals surface area contributed by atoms with Crippen molar-refractivity contribution in [2.45, 2.75) is 31.3 Å². The highest BCUT2D eigenvalue weighted by molar-refractivity contribution is 7.90. The van der Waals surface area contributed by atoms with Crippen LogP contribution in [0.4, 0.5) is 0 Å². The highest BCUT2D eigenvalue weighted by atomic mass is 32.2. The molecule has 128 valence electrons. The number of hydrogen-bond acceptors (Lipinski definition) is 5.